The molecule has 0 aliphatic rings. The molecule has 1 rings (SSSR count). The fraction of sp³-hybridized carbons (Fsp3) is 0.700. The van der Waals surface area contributed by atoms with Crippen molar-refractivity contribution in [1.29, 1.82) is 0 Å². The van der Waals surface area contributed by atoms with Crippen LogP contribution in [0.15, 0.2) is 11.6 Å². The molecule has 1 atom stereocenters. The van der Waals surface area contributed by atoms with Gasteiger partial charge in [0.25, 0.3) is 0 Å². The second-order valence-electron chi connectivity index (χ2n) is 4.04. The largest absolute Gasteiger partial charge is 0.250 e. The van der Waals surface area contributed by atoms with E-state index in [-0.39, 0.29) is 0 Å². The first-order valence-electron chi connectivity index (χ1n) is 4.53. The Hall–Kier alpha value is 0.110. The van der Waals surface area contributed by atoms with Gasteiger partial charge in [-0.3, -0.25) is 0 Å². The molecular formula is C10H16BrNS. The fourth-order valence-electron chi connectivity index (χ4n) is 1.09. The monoisotopic (exact) mass is 261 g/mol. The van der Waals surface area contributed by atoms with Crippen LogP contribution < -0.4 is 0 Å². The molecule has 1 heterocycles. The summed E-state index contributed by atoms with van der Waals surface area (Å²) in [5.74, 6) is 0.677. The molecule has 13 heavy (non-hydrogen) atoms. The Morgan fingerprint density at radius 2 is 2.31 bits per heavy atom. The van der Waals surface area contributed by atoms with Gasteiger partial charge in [-0.15, -0.1) is 11.3 Å². The number of hydrogen-bond acceptors (Lipinski definition) is 2. The molecule has 0 radical (unpaired) electrons. The van der Waals surface area contributed by atoms with Crippen molar-refractivity contribution in [2.75, 3.05) is 5.33 Å². The molecule has 0 amide bonds. The maximum atomic E-state index is 4.33. The minimum atomic E-state index is 0.331. The normalized spacial score (nSPS) is 16.1. The third-order valence-corrected chi connectivity index (χ3v) is 4.80. The molecule has 0 fully saturated rings. The van der Waals surface area contributed by atoms with E-state index in [1.165, 1.54) is 5.01 Å². The van der Waals surface area contributed by atoms with Crippen LogP contribution in [-0.2, 0) is 6.42 Å². The molecule has 0 aliphatic carbocycles. The van der Waals surface area contributed by atoms with Crippen molar-refractivity contribution in [3.63, 3.8) is 0 Å². The van der Waals surface area contributed by atoms with Crippen LogP contribution in [0.5, 0.6) is 0 Å². The molecular weight excluding hydrogens is 246 g/mol. The molecule has 0 saturated heterocycles. The Bertz CT molecular complexity index is 245. The van der Waals surface area contributed by atoms with E-state index in [4.69, 9.17) is 0 Å². The molecule has 1 aromatic heterocycles. The molecule has 0 aliphatic heterocycles. The van der Waals surface area contributed by atoms with E-state index in [2.05, 4.69) is 41.7 Å². The highest BCUT2D eigenvalue weighted by Crippen LogP contribution is 2.33. The summed E-state index contributed by atoms with van der Waals surface area (Å²) in [4.78, 5) is 4.33. The number of thiazole rings is 1. The summed E-state index contributed by atoms with van der Waals surface area (Å²) in [6.07, 6.45) is 2.96. The number of rotatable bonds is 4. The van der Waals surface area contributed by atoms with Crippen LogP contribution in [0.4, 0.5) is 0 Å². The Morgan fingerprint density at radius 3 is 2.69 bits per heavy atom. The summed E-state index contributed by atoms with van der Waals surface area (Å²) in [7, 11) is 0. The average molecular weight is 262 g/mol. The Kier molecular flexibility index (Phi) is 3.92. The lowest BCUT2D eigenvalue weighted by Crippen LogP contribution is -2.27. The molecule has 74 valence electrons. The molecule has 0 bridgehead atoms. The summed E-state index contributed by atoms with van der Waals surface area (Å²) < 4.78 is 0. The van der Waals surface area contributed by atoms with Gasteiger partial charge < -0.3 is 0 Å². The number of hydrogen-bond donors (Lipinski definition) is 0. The molecule has 1 nitrogen and oxygen atoms in total. The summed E-state index contributed by atoms with van der Waals surface area (Å²) in [6.45, 7) is 6.86. The van der Waals surface area contributed by atoms with Crippen molar-refractivity contribution < 1.29 is 0 Å². The topological polar surface area (TPSA) is 12.9 Å². The van der Waals surface area contributed by atoms with Crippen molar-refractivity contribution in [3.8, 4) is 0 Å². The standard InChI is InChI=1S/C10H16BrNS/c1-8(2)10(3,7-11)6-9-12-4-5-13-9/h4-5,8H,6-7H2,1-3H3. The molecule has 0 N–H and O–H groups in total. The van der Waals surface area contributed by atoms with Crippen molar-refractivity contribution in [2.45, 2.75) is 27.2 Å². The zero-order valence-corrected chi connectivity index (χ0v) is 10.8. The lowest BCUT2D eigenvalue weighted by molar-refractivity contribution is 0.257. The van der Waals surface area contributed by atoms with Gasteiger partial charge in [-0.25, -0.2) is 4.98 Å². The maximum Gasteiger partial charge on any atom is 0.0930 e. The summed E-state index contributed by atoms with van der Waals surface area (Å²) in [5, 5.41) is 4.33. The first-order valence-corrected chi connectivity index (χ1v) is 6.53. The second kappa shape index (κ2) is 4.56. The van der Waals surface area contributed by atoms with Gasteiger partial charge >= 0.3 is 0 Å². The quantitative estimate of drug-likeness (QED) is 0.753. The predicted molar refractivity (Wildman–Crippen MR) is 62.6 cm³/mol. The van der Waals surface area contributed by atoms with Crippen LogP contribution in [-0.4, -0.2) is 10.3 Å². The highest BCUT2D eigenvalue weighted by molar-refractivity contribution is 9.09. The van der Waals surface area contributed by atoms with Crippen LogP contribution in [0.25, 0.3) is 0 Å². The van der Waals surface area contributed by atoms with Gasteiger partial charge in [0.2, 0.25) is 0 Å². The zero-order valence-electron chi connectivity index (χ0n) is 8.38. The van der Waals surface area contributed by atoms with E-state index in [1.807, 2.05) is 11.6 Å². The van der Waals surface area contributed by atoms with Crippen LogP contribution in [0.1, 0.15) is 25.8 Å². The van der Waals surface area contributed by atoms with E-state index in [1.54, 1.807) is 11.3 Å². The van der Waals surface area contributed by atoms with Crippen molar-refractivity contribution in [2.24, 2.45) is 11.3 Å². The minimum absolute atomic E-state index is 0.331. The zero-order chi connectivity index (χ0) is 9.90. The van der Waals surface area contributed by atoms with Crippen molar-refractivity contribution in [1.82, 2.24) is 4.98 Å². The van der Waals surface area contributed by atoms with E-state index < -0.39 is 0 Å². The molecule has 1 aromatic rings. The maximum absolute atomic E-state index is 4.33. The van der Waals surface area contributed by atoms with Crippen molar-refractivity contribution >= 4 is 27.3 Å². The SMILES string of the molecule is CC(C)C(C)(CBr)Cc1nccs1. The first kappa shape index (κ1) is 11.2. The van der Waals surface area contributed by atoms with E-state index >= 15 is 0 Å². The van der Waals surface area contributed by atoms with Gasteiger partial charge in [-0.05, 0) is 11.3 Å². The molecule has 0 saturated carbocycles. The summed E-state index contributed by atoms with van der Waals surface area (Å²) in [5.41, 5.74) is 0.331. The lowest BCUT2D eigenvalue weighted by atomic mass is 9.78. The van der Waals surface area contributed by atoms with Gasteiger partial charge in [0.1, 0.15) is 0 Å². The van der Waals surface area contributed by atoms with Gasteiger partial charge in [-0.2, -0.15) is 0 Å². The summed E-state index contributed by atoms with van der Waals surface area (Å²) >= 11 is 5.35. The highest BCUT2D eigenvalue weighted by Gasteiger charge is 2.28. The average Bonchev–Trinajstić information content (AvgIpc) is 2.56. The van der Waals surface area contributed by atoms with Crippen LogP contribution in [0, 0.1) is 11.3 Å². The highest BCUT2D eigenvalue weighted by atomic mass is 79.9. The van der Waals surface area contributed by atoms with Gasteiger partial charge in [0, 0.05) is 23.3 Å². The van der Waals surface area contributed by atoms with Crippen LogP contribution >= 0.6 is 27.3 Å². The number of aromatic nitrogens is 1. The summed E-state index contributed by atoms with van der Waals surface area (Å²) in [6, 6.07) is 0. The first-order chi connectivity index (χ1) is 6.08. The van der Waals surface area contributed by atoms with Crippen LogP contribution in [0.3, 0.4) is 0 Å². The second-order valence-corrected chi connectivity index (χ2v) is 5.58. The van der Waals surface area contributed by atoms with E-state index in [0.717, 1.165) is 11.8 Å². The number of nitrogens with zero attached hydrogens (tertiary/aromatic N) is 1. The molecule has 0 aromatic carbocycles. The number of halogens is 1. The molecule has 1 unspecified atom stereocenters. The van der Waals surface area contributed by atoms with Crippen molar-refractivity contribution in [3.05, 3.63) is 16.6 Å². The lowest BCUT2D eigenvalue weighted by Gasteiger charge is -2.30. The number of alkyl halides is 1. The van der Waals surface area contributed by atoms with Crippen LogP contribution in [0.2, 0.25) is 0 Å². The Balaban J connectivity index is 2.69. The molecule has 3 heteroatoms. The fourth-order valence-corrected chi connectivity index (χ4v) is 2.75. The van der Waals surface area contributed by atoms with E-state index in [9.17, 15) is 0 Å². The third kappa shape index (κ3) is 2.78. The van der Waals surface area contributed by atoms with E-state index in [0.29, 0.717) is 11.3 Å². The van der Waals surface area contributed by atoms with Gasteiger partial charge in [0.15, 0.2) is 0 Å². The molecule has 0 spiro atoms. The smallest absolute Gasteiger partial charge is 0.0930 e. The Labute approximate surface area is 92.7 Å². The predicted octanol–water partition coefficient (Wildman–Crippen LogP) is 3.74. The third-order valence-electron chi connectivity index (χ3n) is 2.74. The minimum Gasteiger partial charge on any atom is -0.250 e. The Morgan fingerprint density at radius 1 is 1.62 bits per heavy atom. The van der Waals surface area contributed by atoms with Gasteiger partial charge in [0.05, 0.1) is 5.01 Å². The van der Waals surface area contributed by atoms with Gasteiger partial charge in [-0.1, -0.05) is 36.7 Å².